The molecule has 0 aliphatic heterocycles. The fraction of sp³-hybridized carbons (Fsp3) is 0.918. The van der Waals surface area contributed by atoms with Crippen LogP contribution < -0.4 is 0 Å². The normalized spacial score (nSPS) is 12.1. The van der Waals surface area contributed by atoms with E-state index in [-0.39, 0.29) is 18.5 Å². The highest BCUT2D eigenvalue weighted by atomic mass is 16.6. The first-order chi connectivity index (χ1) is 26.6. The van der Waals surface area contributed by atoms with Gasteiger partial charge in [-0.1, -0.05) is 219 Å². The van der Waals surface area contributed by atoms with E-state index in [1.54, 1.807) is 0 Å². The Hall–Kier alpha value is -1.36. The lowest BCUT2D eigenvalue weighted by Gasteiger charge is -2.18. The molecule has 0 spiro atoms. The van der Waals surface area contributed by atoms with Crippen LogP contribution in [-0.4, -0.2) is 37.9 Å². The fourth-order valence-electron chi connectivity index (χ4n) is 7.15. The van der Waals surface area contributed by atoms with Crippen LogP contribution in [0.2, 0.25) is 0 Å². The van der Waals surface area contributed by atoms with Gasteiger partial charge in [0.05, 0.1) is 6.61 Å². The zero-order chi connectivity index (χ0) is 39.3. The summed E-state index contributed by atoms with van der Waals surface area (Å²) in [5.74, 6) is -0.388. The molecule has 0 heterocycles. The van der Waals surface area contributed by atoms with E-state index in [9.17, 15) is 9.59 Å². The molecule has 0 aliphatic rings. The number of ether oxygens (including phenoxy) is 3. The second-order valence-electron chi connectivity index (χ2n) is 16.4. The standard InChI is InChI=1S/C49H94O5/c1-4-7-10-13-16-19-21-23-24-25-26-27-28-31-33-36-39-42-48(50)53-46-47(54-49(51)43-40-37-34-30-18-15-12-9-6-3)45-52-44-41-38-35-32-29-22-20-17-14-11-8-5-2/h23-24,47H,4-22,25-46H2,1-3H3/b24-23-. The number of rotatable bonds is 45. The van der Waals surface area contributed by atoms with Gasteiger partial charge in [0.15, 0.2) is 6.10 Å². The molecule has 0 aliphatic carbocycles. The van der Waals surface area contributed by atoms with Gasteiger partial charge in [-0.05, 0) is 44.9 Å². The lowest BCUT2D eigenvalue weighted by Crippen LogP contribution is -2.30. The van der Waals surface area contributed by atoms with Crippen molar-refractivity contribution in [3.63, 3.8) is 0 Å². The van der Waals surface area contributed by atoms with E-state index in [1.165, 1.54) is 199 Å². The Kier molecular flexibility index (Phi) is 44.9. The number of hydrogen-bond acceptors (Lipinski definition) is 5. The van der Waals surface area contributed by atoms with E-state index in [0.29, 0.717) is 26.1 Å². The molecule has 0 fully saturated rings. The summed E-state index contributed by atoms with van der Waals surface area (Å²) in [6.45, 7) is 7.85. The molecule has 0 radical (unpaired) electrons. The highest BCUT2D eigenvalue weighted by Crippen LogP contribution is 2.15. The molecular formula is C49H94O5. The van der Waals surface area contributed by atoms with Crippen molar-refractivity contribution in [3.8, 4) is 0 Å². The van der Waals surface area contributed by atoms with Gasteiger partial charge in [-0.2, -0.15) is 0 Å². The van der Waals surface area contributed by atoms with E-state index in [4.69, 9.17) is 14.2 Å². The average molecular weight is 763 g/mol. The van der Waals surface area contributed by atoms with Gasteiger partial charge in [-0.25, -0.2) is 0 Å². The van der Waals surface area contributed by atoms with Crippen LogP contribution in [0.5, 0.6) is 0 Å². The third kappa shape index (κ3) is 43.4. The zero-order valence-corrected chi connectivity index (χ0v) is 36.8. The maximum absolute atomic E-state index is 12.7. The van der Waals surface area contributed by atoms with E-state index in [0.717, 1.165) is 32.1 Å². The van der Waals surface area contributed by atoms with Gasteiger partial charge < -0.3 is 14.2 Å². The number of carbonyl (C=O) groups excluding carboxylic acids is 2. The summed E-state index contributed by atoms with van der Waals surface area (Å²) in [5, 5.41) is 0. The molecule has 5 nitrogen and oxygen atoms in total. The summed E-state index contributed by atoms with van der Waals surface area (Å²) in [4.78, 5) is 25.2. The van der Waals surface area contributed by atoms with Gasteiger partial charge in [0.25, 0.3) is 0 Å². The van der Waals surface area contributed by atoms with Crippen LogP contribution in [0.3, 0.4) is 0 Å². The van der Waals surface area contributed by atoms with Crippen molar-refractivity contribution in [2.24, 2.45) is 0 Å². The Labute approximate surface area is 337 Å². The lowest BCUT2D eigenvalue weighted by molar-refractivity contribution is -0.163. The van der Waals surface area contributed by atoms with E-state index >= 15 is 0 Å². The molecule has 0 aromatic rings. The molecule has 1 atom stereocenters. The Morgan fingerprint density at radius 3 is 1.13 bits per heavy atom. The largest absolute Gasteiger partial charge is 0.462 e. The van der Waals surface area contributed by atoms with Gasteiger partial charge in [0.1, 0.15) is 6.61 Å². The van der Waals surface area contributed by atoms with Crippen LogP contribution in [0, 0.1) is 0 Å². The zero-order valence-electron chi connectivity index (χ0n) is 36.8. The third-order valence-corrected chi connectivity index (χ3v) is 10.8. The monoisotopic (exact) mass is 763 g/mol. The van der Waals surface area contributed by atoms with Crippen LogP contribution >= 0.6 is 0 Å². The van der Waals surface area contributed by atoms with Crippen molar-refractivity contribution in [1.29, 1.82) is 0 Å². The van der Waals surface area contributed by atoms with Crippen LogP contribution in [0.4, 0.5) is 0 Å². The summed E-state index contributed by atoms with van der Waals surface area (Å²) < 4.78 is 17.3. The van der Waals surface area contributed by atoms with E-state index in [1.807, 2.05) is 0 Å². The van der Waals surface area contributed by atoms with E-state index < -0.39 is 6.10 Å². The molecule has 0 saturated carbocycles. The topological polar surface area (TPSA) is 61.8 Å². The van der Waals surface area contributed by atoms with Crippen molar-refractivity contribution in [2.75, 3.05) is 19.8 Å². The van der Waals surface area contributed by atoms with Crippen LogP contribution in [-0.2, 0) is 23.8 Å². The lowest BCUT2D eigenvalue weighted by atomic mass is 10.1. The third-order valence-electron chi connectivity index (χ3n) is 10.8. The molecule has 1 unspecified atom stereocenters. The average Bonchev–Trinajstić information content (AvgIpc) is 3.17. The van der Waals surface area contributed by atoms with Gasteiger partial charge in [0, 0.05) is 19.4 Å². The molecule has 0 aromatic heterocycles. The maximum Gasteiger partial charge on any atom is 0.306 e. The molecule has 320 valence electrons. The smallest absolute Gasteiger partial charge is 0.306 e. The highest BCUT2D eigenvalue weighted by molar-refractivity contribution is 5.70. The summed E-state index contributed by atoms with van der Waals surface area (Å²) in [6.07, 6.45) is 50.7. The number of unbranched alkanes of at least 4 members (excludes halogenated alkanes) is 32. The Morgan fingerprint density at radius 1 is 0.389 bits per heavy atom. The molecule has 0 amide bonds. The quantitative estimate of drug-likeness (QED) is 0.0351. The molecular weight excluding hydrogens is 669 g/mol. The molecule has 0 rings (SSSR count). The number of esters is 2. The minimum atomic E-state index is -0.525. The molecule has 5 heteroatoms. The second-order valence-corrected chi connectivity index (χ2v) is 16.4. The predicted molar refractivity (Wildman–Crippen MR) is 233 cm³/mol. The number of carbonyl (C=O) groups is 2. The van der Waals surface area contributed by atoms with Crippen molar-refractivity contribution in [1.82, 2.24) is 0 Å². The summed E-state index contributed by atoms with van der Waals surface area (Å²) in [6, 6.07) is 0. The van der Waals surface area contributed by atoms with Crippen LogP contribution in [0.25, 0.3) is 0 Å². The molecule has 54 heavy (non-hydrogen) atoms. The Morgan fingerprint density at radius 2 is 0.722 bits per heavy atom. The first-order valence-corrected chi connectivity index (χ1v) is 24.2. The Balaban J connectivity index is 4.14. The van der Waals surface area contributed by atoms with E-state index in [2.05, 4.69) is 32.9 Å². The Bertz CT molecular complexity index is 780. The SMILES string of the molecule is CCCCCCCC/C=C\CCCCCCCCCC(=O)OCC(COCCCCCCCCCCCCCC)OC(=O)CCCCCCCCCCC. The number of allylic oxidation sites excluding steroid dienone is 2. The van der Waals surface area contributed by atoms with Crippen molar-refractivity contribution < 1.29 is 23.8 Å². The van der Waals surface area contributed by atoms with Crippen LogP contribution in [0.1, 0.15) is 265 Å². The second kappa shape index (κ2) is 46.0. The first kappa shape index (κ1) is 52.6. The van der Waals surface area contributed by atoms with Gasteiger partial charge in [-0.3, -0.25) is 9.59 Å². The molecule has 0 N–H and O–H groups in total. The molecule has 0 bridgehead atoms. The minimum Gasteiger partial charge on any atom is -0.462 e. The summed E-state index contributed by atoms with van der Waals surface area (Å²) in [7, 11) is 0. The van der Waals surface area contributed by atoms with Crippen LogP contribution in [0.15, 0.2) is 12.2 Å². The summed E-state index contributed by atoms with van der Waals surface area (Å²) in [5.41, 5.74) is 0. The van der Waals surface area contributed by atoms with Crippen molar-refractivity contribution in [3.05, 3.63) is 12.2 Å². The van der Waals surface area contributed by atoms with Crippen molar-refractivity contribution in [2.45, 2.75) is 271 Å². The van der Waals surface area contributed by atoms with Gasteiger partial charge in [-0.15, -0.1) is 0 Å². The van der Waals surface area contributed by atoms with Gasteiger partial charge in [0.2, 0.25) is 0 Å². The first-order valence-electron chi connectivity index (χ1n) is 24.2. The fourth-order valence-corrected chi connectivity index (χ4v) is 7.15. The maximum atomic E-state index is 12.7. The predicted octanol–water partition coefficient (Wildman–Crippen LogP) is 15.9. The summed E-state index contributed by atoms with van der Waals surface area (Å²) >= 11 is 0. The van der Waals surface area contributed by atoms with Crippen molar-refractivity contribution >= 4 is 11.9 Å². The van der Waals surface area contributed by atoms with Gasteiger partial charge >= 0.3 is 11.9 Å². The highest BCUT2D eigenvalue weighted by Gasteiger charge is 2.17. The minimum absolute atomic E-state index is 0.0915. The molecule has 0 aromatic carbocycles. The number of hydrogen-bond donors (Lipinski definition) is 0. The molecule has 0 saturated heterocycles.